The lowest BCUT2D eigenvalue weighted by molar-refractivity contribution is -0.115. The van der Waals surface area contributed by atoms with Crippen LogP contribution >= 0.6 is 0 Å². The van der Waals surface area contributed by atoms with Crippen LogP contribution in [0.15, 0.2) is 54.8 Å². The largest absolute Gasteiger partial charge is 0.508 e. The molecule has 2 aromatic carbocycles. The summed E-state index contributed by atoms with van der Waals surface area (Å²) in [5.41, 5.74) is 1.89. The van der Waals surface area contributed by atoms with E-state index in [0.717, 1.165) is 0 Å². The van der Waals surface area contributed by atoms with Crippen LogP contribution in [-0.2, 0) is 18.3 Å². The monoisotopic (exact) mass is 380 g/mol. The third-order valence-electron chi connectivity index (χ3n) is 4.68. The molecule has 0 fully saturated rings. The van der Waals surface area contributed by atoms with Crippen LogP contribution in [0.3, 0.4) is 0 Å². The maximum absolute atomic E-state index is 12.5. The number of hydrogen-bond donors (Lipinski definition) is 2. The highest BCUT2D eigenvalue weighted by atomic mass is 16.4. The summed E-state index contributed by atoms with van der Waals surface area (Å²) in [5.74, 6) is -0.913. The Labute approximate surface area is 157 Å². The topological polar surface area (TPSA) is 115 Å². The van der Waals surface area contributed by atoms with Gasteiger partial charge in [0.1, 0.15) is 11.3 Å². The number of phenols is 1. The van der Waals surface area contributed by atoms with Crippen molar-refractivity contribution in [1.82, 2.24) is 4.57 Å². The van der Waals surface area contributed by atoms with Crippen LogP contribution in [0.5, 0.6) is 5.75 Å². The van der Waals surface area contributed by atoms with E-state index in [1.165, 1.54) is 16.7 Å². The van der Waals surface area contributed by atoms with Crippen molar-refractivity contribution in [2.75, 3.05) is 5.32 Å². The van der Waals surface area contributed by atoms with Gasteiger partial charge in [-0.05, 0) is 36.8 Å². The smallest absolute Gasteiger partial charge is 0.419 e. The highest BCUT2D eigenvalue weighted by Crippen LogP contribution is 2.24. The number of aryl methyl sites for hydroxylation is 2. The number of hydrogen-bond acceptors (Lipinski definition) is 6. The van der Waals surface area contributed by atoms with Crippen LogP contribution in [0, 0.1) is 6.92 Å². The number of carbonyl (C=O) groups is 1. The molecule has 0 atom stereocenters. The van der Waals surface area contributed by atoms with E-state index in [-0.39, 0.29) is 23.3 Å². The van der Waals surface area contributed by atoms with E-state index in [1.54, 1.807) is 38.2 Å². The third-order valence-corrected chi connectivity index (χ3v) is 4.68. The molecule has 28 heavy (non-hydrogen) atoms. The zero-order valence-corrected chi connectivity index (χ0v) is 15.1. The highest BCUT2D eigenvalue weighted by Gasteiger charge is 2.16. The number of benzene rings is 2. The van der Waals surface area contributed by atoms with Crippen molar-refractivity contribution in [1.29, 1.82) is 0 Å². The van der Waals surface area contributed by atoms with Gasteiger partial charge in [-0.3, -0.25) is 9.36 Å². The summed E-state index contributed by atoms with van der Waals surface area (Å²) < 4.78 is 11.7. The van der Waals surface area contributed by atoms with Gasteiger partial charge in [-0.15, -0.1) is 0 Å². The van der Waals surface area contributed by atoms with Crippen molar-refractivity contribution >= 4 is 33.7 Å². The van der Waals surface area contributed by atoms with E-state index in [2.05, 4.69) is 5.32 Å². The first kappa shape index (κ1) is 17.6. The number of aromatic nitrogens is 1. The lowest BCUT2D eigenvalue weighted by Gasteiger charge is -2.09. The number of fused-ring (bicyclic) bond motifs is 2. The SMILES string of the molecule is Cc1c(CC(=O)Nc2ccc3c(c2)oc(=O)n3C)c(=O)oc2cc(O)ccc12. The molecular formula is C20H16N2O6. The number of phenolic OH excluding ortho intramolecular Hbond substituents is 1. The summed E-state index contributed by atoms with van der Waals surface area (Å²) in [6.07, 6.45) is -0.179. The first-order chi connectivity index (χ1) is 13.3. The van der Waals surface area contributed by atoms with Gasteiger partial charge in [-0.2, -0.15) is 0 Å². The van der Waals surface area contributed by atoms with E-state index >= 15 is 0 Å². The molecule has 4 aromatic rings. The minimum absolute atomic E-state index is 0.0106. The molecule has 0 saturated heterocycles. The second-order valence-electron chi connectivity index (χ2n) is 6.51. The number of amides is 1. The lowest BCUT2D eigenvalue weighted by Crippen LogP contribution is -2.20. The van der Waals surface area contributed by atoms with E-state index in [9.17, 15) is 19.5 Å². The maximum atomic E-state index is 12.5. The molecule has 0 aliphatic heterocycles. The Kier molecular flexibility index (Phi) is 4.03. The fourth-order valence-electron chi connectivity index (χ4n) is 3.16. The van der Waals surface area contributed by atoms with Gasteiger partial charge in [0, 0.05) is 30.3 Å². The van der Waals surface area contributed by atoms with Crippen LogP contribution in [0.2, 0.25) is 0 Å². The molecule has 8 nitrogen and oxygen atoms in total. The summed E-state index contributed by atoms with van der Waals surface area (Å²) in [6, 6.07) is 9.34. The van der Waals surface area contributed by atoms with Gasteiger partial charge in [-0.25, -0.2) is 9.59 Å². The van der Waals surface area contributed by atoms with Gasteiger partial charge in [0.05, 0.1) is 17.5 Å². The number of nitrogens with one attached hydrogen (secondary N) is 1. The van der Waals surface area contributed by atoms with Crippen molar-refractivity contribution in [2.24, 2.45) is 7.05 Å². The normalized spacial score (nSPS) is 11.2. The molecule has 0 saturated carbocycles. The van der Waals surface area contributed by atoms with Crippen molar-refractivity contribution in [3.63, 3.8) is 0 Å². The Morgan fingerprint density at radius 3 is 2.68 bits per heavy atom. The zero-order valence-electron chi connectivity index (χ0n) is 15.1. The number of aromatic hydroxyl groups is 1. The predicted molar refractivity (Wildman–Crippen MR) is 103 cm³/mol. The number of rotatable bonds is 3. The summed E-state index contributed by atoms with van der Waals surface area (Å²) in [4.78, 5) is 36.3. The zero-order chi connectivity index (χ0) is 20.0. The van der Waals surface area contributed by atoms with Crippen molar-refractivity contribution in [3.05, 3.63) is 68.5 Å². The molecule has 2 aromatic heterocycles. The summed E-state index contributed by atoms with van der Waals surface area (Å²) in [6.45, 7) is 1.73. The van der Waals surface area contributed by atoms with Crippen LogP contribution in [0.4, 0.5) is 5.69 Å². The van der Waals surface area contributed by atoms with E-state index in [4.69, 9.17) is 8.83 Å². The van der Waals surface area contributed by atoms with Crippen LogP contribution < -0.4 is 16.7 Å². The Hall–Kier alpha value is -3.81. The quantitative estimate of drug-likeness (QED) is 0.528. The molecule has 0 unspecified atom stereocenters. The van der Waals surface area contributed by atoms with Crippen molar-refractivity contribution < 1.29 is 18.7 Å². The van der Waals surface area contributed by atoms with Crippen LogP contribution in [-0.4, -0.2) is 15.6 Å². The Morgan fingerprint density at radius 1 is 1.11 bits per heavy atom. The first-order valence-corrected chi connectivity index (χ1v) is 8.48. The predicted octanol–water partition coefficient (Wildman–Crippen LogP) is 2.43. The maximum Gasteiger partial charge on any atom is 0.419 e. The standard InChI is InChI=1S/C20H16N2O6/c1-10-13-5-4-12(23)8-16(13)27-19(25)14(10)9-18(24)21-11-3-6-15-17(7-11)28-20(26)22(15)2/h3-8,23H,9H2,1-2H3,(H,21,24). The molecule has 4 rings (SSSR count). The molecule has 1 amide bonds. The van der Waals surface area contributed by atoms with Gasteiger partial charge in [0.25, 0.3) is 0 Å². The molecule has 0 radical (unpaired) electrons. The average Bonchev–Trinajstić information content (AvgIpc) is 2.92. The molecular weight excluding hydrogens is 364 g/mol. The highest BCUT2D eigenvalue weighted by molar-refractivity contribution is 5.95. The van der Waals surface area contributed by atoms with Gasteiger partial charge in [0.15, 0.2) is 5.58 Å². The van der Waals surface area contributed by atoms with Gasteiger partial charge < -0.3 is 19.3 Å². The second-order valence-corrected chi connectivity index (χ2v) is 6.51. The number of carbonyl (C=O) groups excluding carboxylic acids is 1. The van der Waals surface area contributed by atoms with Gasteiger partial charge >= 0.3 is 11.4 Å². The number of anilines is 1. The Balaban J connectivity index is 1.63. The Bertz CT molecular complexity index is 1360. The van der Waals surface area contributed by atoms with E-state index < -0.39 is 17.3 Å². The average molecular weight is 380 g/mol. The minimum Gasteiger partial charge on any atom is -0.508 e. The number of nitrogens with zero attached hydrogens (tertiary/aromatic N) is 1. The van der Waals surface area contributed by atoms with E-state index in [1.807, 2.05) is 0 Å². The lowest BCUT2D eigenvalue weighted by atomic mass is 10.0. The Morgan fingerprint density at radius 2 is 1.89 bits per heavy atom. The third kappa shape index (κ3) is 2.94. The summed E-state index contributed by atoms with van der Waals surface area (Å²) in [7, 11) is 1.59. The fraction of sp³-hybridized carbons (Fsp3) is 0.150. The first-order valence-electron chi connectivity index (χ1n) is 8.48. The minimum atomic E-state index is -0.629. The molecule has 0 bridgehead atoms. The van der Waals surface area contributed by atoms with Gasteiger partial charge in [-0.1, -0.05) is 0 Å². The fourth-order valence-corrected chi connectivity index (χ4v) is 3.16. The molecule has 0 aliphatic carbocycles. The van der Waals surface area contributed by atoms with E-state index in [0.29, 0.717) is 27.7 Å². The molecule has 8 heteroatoms. The van der Waals surface area contributed by atoms with Crippen LogP contribution in [0.1, 0.15) is 11.1 Å². The second kappa shape index (κ2) is 6.41. The van der Waals surface area contributed by atoms with Crippen molar-refractivity contribution in [3.8, 4) is 5.75 Å². The van der Waals surface area contributed by atoms with Gasteiger partial charge in [0.2, 0.25) is 5.91 Å². The van der Waals surface area contributed by atoms with Crippen molar-refractivity contribution in [2.45, 2.75) is 13.3 Å². The molecule has 142 valence electrons. The summed E-state index contributed by atoms with van der Waals surface area (Å²) in [5, 5.41) is 12.9. The molecule has 2 N–H and O–H groups in total. The van der Waals surface area contributed by atoms with Crippen LogP contribution in [0.25, 0.3) is 22.1 Å². The summed E-state index contributed by atoms with van der Waals surface area (Å²) >= 11 is 0. The molecule has 2 heterocycles. The number of oxazole rings is 1. The molecule has 0 spiro atoms. The molecule has 0 aliphatic rings.